The molecule has 0 bridgehead atoms. The number of benzene rings is 1. The first-order chi connectivity index (χ1) is 10.0. The van der Waals surface area contributed by atoms with E-state index in [1.165, 1.54) is 0 Å². The van der Waals surface area contributed by atoms with Crippen molar-refractivity contribution >= 4 is 29.1 Å². The van der Waals surface area contributed by atoms with Crippen molar-refractivity contribution in [3.63, 3.8) is 0 Å². The zero-order chi connectivity index (χ0) is 15.4. The van der Waals surface area contributed by atoms with Crippen LogP contribution in [-0.4, -0.2) is 23.7 Å². The van der Waals surface area contributed by atoms with Crippen LogP contribution in [0, 0.1) is 11.8 Å². The minimum atomic E-state index is -0.163. The second kappa shape index (κ2) is 7.48. The van der Waals surface area contributed by atoms with Gasteiger partial charge >= 0.3 is 0 Å². The van der Waals surface area contributed by atoms with Gasteiger partial charge in [0.15, 0.2) is 0 Å². The second-order valence-corrected chi connectivity index (χ2v) is 6.65. The average Bonchev–Trinajstić information content (AvgIpc) is 3.25. The zero-order valence-corrected chi connectivity index (χ0v) is 13.6. The lowest BCUT2D eigenvalue weighted by Gasteiger charge is -2.20. The standard InChI is InChI=1S/C16H21Cl2NO2/c1-10(8-12-4-5-13(17)9-14(12)18)16(21)19-15(6-7-20)11-2-3-11/h4-5,9-11,15,20H,2-3,6-8H2,1H3,(H,19,21). The minimum absolute atomic E-state index is 0.0198. The molecule has 1 amide bonds. The zero-order valence-electron chi connectivity index (χ0n) is 12.1. The van der Waals surface area contributed by atoms with Crippen molar-refractivity contribution in [3.05, 3.63) is 33.8 Å². The van der Waals surface area contributed by atoms with Crippen molar-refractivity contribution in [1.82, 2.24) is 5.32 Å². The molecule has 2 rings (SSSR count). The summed E-state index contributed by atoms with van der Waals surface area (Å²) in [6, 6.07) is 5.44. The maximum absolute atomic E-state index is 12.3. The quantitative estimate of drug-likeness (QED) is 0.804. The van der Waals surface area contributed by atoms with Crippen molar-refractivity contribution in [3.8, 4) is 0 Å². The number of nitrogens with one attached hydrogen (secondary N) is 1. The van der Waals surface area contributed by atoms with Crippen molar-refractivity contribution in [2.45, 2.75) is 38.6 Å². The van der Waals surface area contributed by atoms with E-state index in [0.717, 1.165) is 18.4 Å². The van der Waals surface area contributed by atoms with E-state index in [0.29, 0.717) is 28.8 Å². The molecule has 3 nitrogen and oxygen atoms in total. The Morgan fingerprint density at radius 2 is 2.14 bits per heavy atom. The third-order valence-corrected chi connectivity index (χ3v) is 4.53. The Balaban J connectivity index is 1.92. The van der Waals surface area contributed by atoms with E-state index in [-0.39, 0.29) is 24.5 Å². The molecule has 1 aromatic rings. The van der Waals surface area contributed by atoms with Gasteiger partial charge < -0.3 is 10.4 Å². The maximum Gasteiger partial charge on any atom is 0.223 e. The summed E-state index contributed by atoms with van der Waals surface area (Å²) in [5.74, 6) is 0.391. The lowest BCUT2D eigenvalue weighted by Crippen LogP contribution is -2.40. The van der Waals surface area contributed by atoms with Crippen LogP contribution < -0.4 is 5.32 Å². The molecule has 0 spiro atoms. The number of halogens is 2. The van der Waals surface area contributed by atoms with Crippen LogP contribution in [0.3, 0.4) is 0 Å². The van der Waals surface area contributed by atoms with E-state index in [2.05, 4.69) is 5.32 Å². The predicted molar refractivity (Wildman–Crippen MR) is 85.7 cm³/mol. The Kier molecular flexibility index (Phi) is 5.91. The SMILES string of the molecule is CC(Cc1ccc(Cl)cc1Cl)C(=O)NC(CCO)C1CC1. The first kappa shape index (κ1) is 16.6. The summed E-state index contributed by atoms with van der Waals surface area (Å²) in [5.41, 5.74) is 0.925. The first-order valence-electron chi connectivity index (χ1n) is 7.36. The molecule has 21 heavy (non-hydrogen) atoms. The van der Waals surface area contributed by atoms with Gasteiger partial charge in [-0.05, 0) is 49.3 Å². The molecule has 2 N–H and O–H groups in total. The Morgan fingerprint density at radius 1 is 1.43 bits per heavy atom. The Morgan fingerprint density at radius 3 is 2.71 bits per heavy atom. The van der Waals surface area contributed by atoms with Gasteiger partial charge in [0.05, 0.1) is 0 Å². The Bertz CT molecular complexity index is 503. The molecule has 0 heterocycles. The Labute approximate surface area is 135 Å². The lowest BCUT2D eigenvalue weighted by atomic mass is 9.99. The van der Waals surface area contributed by atoms with Gasteiger partial charge in [-0.25, -0.2) is 0 Å². The molecule has 1 aliphatic carbocycles. The van der Waals surface area contributed by atoms with Gasteiger partial charge in [-0.3, -0.25) is 4.79 Å². The van der Waals surface area contributed by atoms with Crippen LogP contribution in [-0.2, 0) is 11.2 Å². The van der Waals surface area contributed by atoms with E-state index in [9.17, 15) is 4.79 Å². The van der Waals surface area contributed by atoms with Crippen LogP contribution in [0.5, 0.6) is 0 Å². The fourth-order valence-corrected chi connectivity index (χ4v) is 2.98. The fourth-order valence-electron chi connectivity index (χ4n) is 2.50. The molecule has 1 saturated carbocycles. The summed E-state index contributed by atoms with van der Waals surface area (Å²) in [4.78, 5) is 12.3. The topological polar surface area (TPSA) is 49.3 Å². The largest absolute Gasteiger partial charge is 0.396 e. The number of hydrogen-bond acceptors (Lipinski definition) is 2. The van der Waals surface area contributed by atoms with Crippen LogP contribution >= 0.6 is 23.2 Å². The molecule has 1 aromatic carbocycles. The van der Waals surface area contributed by atoms with Crippen molar-refractivity contribution in [2.24, 2.45) is 11.8 Å². The minimum Gasteiger partial charge on any atom is -0.396 e. The number of hydrogen-bond donors (Lipinski definition) is 2. The van der Waals surface area contributed by atoms with Crippen molar-refractivity contribution in [2.75, 3.05) is 6.61 Å². The summed E-state index contributed by atoms with van der Waals surface area (Å²) >= 11 is 12.0. The number of carbonyl (C=O) groups is 1. The summed E-state index contributed by atoms with van der Waals surface area (Å²) in [5, 5.41) is 13.3. The number of rotatable bonds is 7. The van der Waals surface area contributed by atoms with Crippen molar-refractivity contribution < 1.29 is 9.90 Å². The summed E-state index contributed by atoms with van der Waals surface area (Å²) in [6.45, 7) is 2.00. The second-order valence-electron chi connectivity index (χ2n) is 5.81. The number of carbonyl (C=O) groups excluding carboxylic acids is 1. The molecular formula is C16H21Cl2NO2. The number of aliphatic hydroxyl groups excluding tert-OH is 1. The molecule has 0 aliphatic heterocycles. The molecule has 0 saturated heterocycles. The average molecular weight is 330 g/mol. The summed E-state index contributed by atoms with van der Waals surface area (Å²) < 4.78 is 0. The monoisotopic (exact) mass is 329 g/mol. The van der Waals surface area contributed by atoms with E-state index >= 15 is 0 Å². The van der Waals surface area contributed by atoms with Crippen LogP contribution in [0.1, 0.15) is 31.7 Å². The Hall–Kier alpha value is -0.770. The molecule has 5 heteroatoms. The number of amides is 1. The lowest BCUT2D eigenvalue weighted by molar-refractivity contribution is -0.125. The molecule has 1 fully saturated rings. The van der Waals surface area contributed by atoms with Gasteiger partial charge in [-0.1, -0.05) is 36.2 Å². The maximum atomic E-state index is 12.3. The highest BCUT2D eigenvalue weighted by Gasteiger charge is 2.32. The highest BCUT2D eigenvalue weighted by Crippen LogP contribution is 2.34. The smallest absolute Gasteiger partial charge is 0.223 e. The van der Waals surface area contributed by atoms with E-state index in [4.69, 9.17) is 28.3 Å². The molecule has 2 atom stereocenters. The van der Waals surface area contributed by atoms with Crippen LogP contribution in [0.4, 0.5) is 0 Å². The highest BCUT2D eigenvalue weighted by molar-refractivity contribution is 6.35. The molecule has 116 valence electrons. The summed E-state index contributed by atoms with van der Waals surface area (Å²) in [7, 11) is 0. The van der Waals surface area contributed by atoms with Gasteiger partial charge in [0, 0.05) is 28.6 Å². The molecule has 0 aromatic heterocycles. The van der Waals surface area contributed by atoms with E-state index < -0.39 is 0 Å². The third kappa shape index (κ3) is 4.87. The van der Waals surface area contributed by atoms with Gasteiger partial charge in [-0.2, -0.15) is 0 Å². The van der Waals surface area contributed by atoms with E-state index in [1.807, 2.05) is 13.0 Å². The van der Waals surface area contributed by atoms with Gasteiger partial charge in [-0.15, -0.1) is 0 Å². The molecule has 0 radical (unpaired) electrons. The molecule has 2 unspecified atom stereocenters. The van der Waals surface area contributed by atoms with Gasteiger partial charge in [0.1, 0.15) is 0 Å². The molecular weight excluding hydrogens is 309 g/mol. The van der Waals surface area contributed by atoms with Crippen LogP contribution in [0.15, 0.2) is 18.2 Å². The van der Waals surface area contributed by atoms with Gasteiger partial charge in [0.25, 0.3) is 0 Å². The van der Waals surface area contributed by atoms with Crippen LogP contribution in [0.2, 0.25) is 10.0 Å². The highest BCUT2D eigenvalue weighted by atomic mass is 35.5. The summed E-state index contributed by atoms with van der Waals surface area (Å²) in [6.07, 6.45) is 3.49. The normalized spacial score (nSPS) is 17.3. The fraction of sp³-hybridized carbons (Fsp3) is 0.562. The third-order valence-electron chi connectivity index (χ3n) is 3.95. The predicted octanol–water partition coefficient (Wildman–Crippen LogP) is 3.45. The van der Waals surface area contributed by atoms with E-state index in [1.54, 1.807) is 12.1 Å². The number of aliphatic hydroxyl groups is 1. The molecule has 1 aliphatic rings. The van der Waals surface area contributed by atoms with Crippen LogP contribution in [0.25, 0.3) is 0 Å². The van der Waals surface area contributed by atoms with Crippen molar-refractivity contribution in [1.29, 1.82) is 0 Å². The first-order valence-corrected chi connectivity index (χ1v) is 8.12. The van der Waals surface area contributed by atoms with Gasteiger partial charge in [0.2, 0.25) is 5.91 Å².